The third-order valence-corrected chi connectivity index (χ3v) is 1.41. The Labute approximate surface area is 74.9 Å². The lowest BCUT2D eigenvalue weighted by molar-refractivity contribution is -0.115. The number of nitrogens with one attached hydrogen (secondary N) is 1. The van der Waals surface area contributed by atoms with E-state index in [4.69, 9.17) is 16.0 Å². The number of hydrogen-bond donors (Lipinski definition) is 1. The number of anilines is 1. The summed E-state index contributed by atoms with van der Waals surface area (Å²) < 4.78 is 4.88. The minimum absolute atomic E-state index is 0.185. The normalized spacial score (nSPS) is 12.6. The molecule has 1 amide bonds. The summed E-state index contributed by atoms with van der Waals surface area (Å²) in [5, 5.41) is 1.83. The molecule has 5 heteroatoms. The maximum Gasteiger partial charge on any atom is 0.301 e. The third-order valence-electron chi connectivity index (χ3n) is 1.21. The summed E-state index contributed by atoms with van der Waals surface area (Å²) in [5.74, 6) is -0.321. The zero-order chi connectivity index (χ0) is 9.14. The molecular formula is C7H9ClN2O2. The van der Waals surface area contributed by atoms with E-state index in [0.717, 1.165) is 0 Å². The highest BCUT2D eigenvalue weighted by Crippen LogP contribution is 2.07. The summed E-state index contributed by atoms with van der Waals surface area (Å²) in [6.07, 6.45) is 1.45. The number of aryl methyl sites for hydroxylation is 1. The maximum absolute atomic E-state index is 11.0. The van der Waals surface area contributed by atoms with Crippen molar-refractivity contribution in [2.45, 2.75) is 19.2 Å². The number of carbonyl (C=O) groups excluding carboxylic acids is 1. The number of rotatable bonds is 2. The molecule has 1 aromatic rings. The number of amides is 1. The lowest BCUT2D eigenvalue weighted by Gasteiger charge is -2.00. The molecule has 0 spiro atoms. The van der Waals surface area contributed by atoms with E-state index in [1.807, 2.05) is 0 Å². The summed E-state index contributed by atoms with van der Waals surface area (Å²) in [6.45, 7) is 3.34. The van der Waals surface area contributed by atoms with Crippen molar-refractivity contribution in [2.24, 2.45) is 0 Å². The Bertz CT molecular complexity index is 283. The Kier molecular flexibility index (Phi) is 2.70. The summed E-state index contributed by atoms with van der Waals surface area (Å²) in [7, 11) is 0. The fourth-order valence-electron chi connectivity index (χ4n) is 0.616. The quantitative estimate of drug-likeness (QED) is 0.717. The second-order valence-electron chi connectivity index (χ2n) is 2.40. The number of carbonyl (C=O) groups is 1. The van der Waals surface area contributed by atoms with Crippen LogP contribution in [0.15, 0.2) is 10.7 Å². The largest absolute Gasteiger partial charge is 0.432 e. The van der Waals surface area contributed by atoms with E-state index >= 15 is 0 Å². The molecule has 66 valence electrons. The van der Waals surface area contributed by atoms with Gasteiger partial charge in [0.05, 0.1) is 5.69 Å². The highest BCUT2D eigenvalue weighted by Gasteiger charge is 2.11. The predicted molar refractivity (Wildman–Crippen MR) is 45.2 cm³/mol. The molecule has 1 N–H and O–H groups in total. The molecule has 4 nitrogen and oxygen atoms in total. The summed E-state index contributed by atoms with van der Waals surface area (Å²) >= 11 is 5.50. The van der Waals surface area contributed by atoms with Crippen LogP contribution < -0.4 is 5.32 Å². The van der Waals surface area contributed by atoms with Gasteiger partial charge in [0.25, 0.3) is 0 Å². The smallest absolute Gasteiger partial charge is 0.301 e. The van der Waals surface area contributed by atoms with Gasteiger partial charge >= 0.3 is 6.01 Å². The first-order chi connectivity index (χ1) is 5.59. The van der Waals surface area contributed by atoms with Gasteiger partial charge in [-0.05, 0) is 13.8 Å². The van der Waals surface area contributed by atoms with Gasteiger partial charge in [-0.15, -0.1) is 11.6 Å². The van der Waals surface area contributed by atoms with E-state index in [9.17, 15) is 4.79 Å². The Morgan fingerprint density at radius 2 is 2.50 bits per heavy atom. The molecule has 0 aliphatic heterocycles. The van der Waals surface area contributed by atoms with Crippen molar-refractivity contribution >= 4 is 23.5 Å². The number of aromatic nitrogens is 1. The Hall–Kier alpha value is -1.03. The van der Waals surface area contributed by atoms with Crippen molar-refractivity contribution < 1.29 is 9.21 Å². The van der Waals surface area contributed by atoms with Gasteiger partial charge in [0.1, 0.15) is 11.6 Å². The number of alkyl halides is 1. The van der Waals surface area contributed by atoms with Gasteiger partial charge in [0.15, 0.2) is 0 Å². The maximum atomic E-state index is 11.0. The zero-order valence-electron chi connectivity index (χ0n) is 6.80. The Balaban J connectivity index is 2.58. The van der Waals surface area contributed by atoms with Gasteiger partial charge in [0.2, 0.25) is 5.91 Å². The van der Waals surface area contributed by atoms with Gasteiger partial charge in [-0.3, -0.25) is 10.1 Å². The van der Waals surface area contributed by atoms with Crippen LogP contribution in [0.1, 0.15) is 12.6 Å². The fraction of sp³-hybridized carbons (Fsp3) is 0.429. The number of halogens is 1. The van der Waals surface area contributed by atoms with Crippen LogP contribution >= 0.6 is 11.6 Å². The van der Waals surface area contributed by atoms with Gasteiger partial charge in [-0.25, -0.2) is 0 Å². The SMILES string of the molecule is Cc1coc(NC(=O)C(C)Cl)n1. The van der Waals surface area contributed by atoms with E-state index < -0.39 is 5.38 Å². The van der Waals surface area contributed by atoms with Crippen LogP contribution in [0.3, 0.4) is 0 Å². The average Bonchev–Trinajstić information content (AvgIpc) is 2.35. The summed E-state index contributed by atoms with van der Waals surface area (Å²) in [6, 6.07) is 0.185. The van der Waals surface area contributed by atoms with E-state index in [0.29, 0.717) is 5.69 Å². The van der Waals surface area contributed by atoms with Crippen LogP contribution in [0, 0.1) is 6.92 Å². The van der Waals surface area contributed by atoms with Crippen molar-refractivity contribution in [3.8, 4) is 0 Å². The molecule has 0 radical (unpaired) electrons. The first kappa shape index (κ1) is 9.06. The molecule has 1 unspecified atom stereocenters. The highest BCUT2D eigenvalue weighted by molar-refractivity contribution is 6.32. The first-order valence-corrected chi connectivity index (χ1v) is 3.90. The molecule has 1 aromatic heterocycles. The molecule has 0 saturated carbocycles. The van der Waals surface area contributed by atoms with Gasteiger partial charge in [-0.2, -0.15) is 4.98 Å². The predicted octanol–water partition coefficient (Wildman–Crippen LogP) is 1.55. The second kappa shape index (κ2) is 3.58. The van der Waals surface area contributed by atoms with E-state index in [1.54, 1.807) is 13.8 Å². The van der Waals surface area contributed by atoms with Crippen LogP contribution in [0.2, 0.25) is 0 Å². The molecular weight excluding hydrogens is 180 g/mol. The molecule has 0 aliphatic rings. The minimum atomic E-state index is -0.586. The monoisotopic (exact) mass is 188 g/mol. The number of nitrogens with zero attached hydrogens (tertiary/aromatic N) is 1. The average molecular weight is 189 g/mol. The molecule has 0 saturated heterocycles. The molecule has 0 aliphatic carbocycles. The third kappa shape index (κ3) is 2.23. The van der Waals surface area contributed by atoms with E-state index in [2.05, 4.69) is 10.3 Å². The van der Waals surface area contributed by atoms with E-state index in [1.165, 1.54) is 6.26 Å². The minimum Gasteiger partial charge on any atom is -0.432 e. The van der Waals surface area contributed by atoms with Gasteiger partial charge < -0.3 is 4.42 Å². The molecule has 0 bridgehead atoms. The van der Waals surface area contributed by atoms with Crippen molar-refractivity contribution in [1.29, 1.82) is 0 Å². The fourth-order valence-corrected chi connectivity index (χ4v) is 0.671. The van der Waals surface area contributed by atoms with Crippen molar-refractivity contribution in [3.63, 3.8) is 0 Å². The van der Waals surface area contributed by atoms with Crippen molar-refractivity contribution in [2.75, 3.05) is 5.32 Å². The first-order valence-electron chi connectivity index (χ1n) is 3.46. The lowest BCUT2D eigenvalue weighted by Crippen LogP contribution is -2.20. The summed E-state index contributed by atoms with van der Waals surface area (Å²) in [4.78, 5) is 14.9. The van der Waals surface area contributed by atoms with Crippen LogP contribution in [0.25, 0.3) is 0 Å². The van der Waals surface area contributed by atoms with E-state index in [-0.39, 0.29) is 11.9 Å². The van der Waals surface area contributed by atoms with Crippen molar-refractivity contribution in [3.05, 3.63) is 12.0 Å². The summed E-state index contributed by atoms with van der Waals surface area (Å²) in [5.41, 5.74) is 0.715. The molecule has 1 heterocycles. The molecule has 1 atom stereocenters. The molecule has 12 heavy (non-hydrogen) atoms. The number of hydrogen-bond acceptors (Lipinski definition) is 3. The standard InChI is InChI=1S/C7H9ClN2O2/c1-4-3-12-7(9-4)10-6(11)5(2)8/h3,5H,1-2H3,(H,9,10,11). The highest BCUT2D eigenvalue weighted by atomic mass is 35.5. The molecule has 1 rings (SSSR count). The van der Waals surface area contributed by atoms with Crippen molar-refractivity contribution in [1.82, 2.24) is 4.98 Å². The Morgan fingerprint density at radius 3 is 2.92 bits per heavy atom. The zero-order valence-corrected chi connectivity index (χ0v) is 7.55. The molecule has 0 fully saturated rings. The second-order valence-corrected chi connectivity index (χ2v) is 3.05. The van der Waals surface area contributed by atoms with Crippen LogP contribution in [0.5, 0.6) is 0 Å². The topological polar surface area (TPSA) is 55.1 Å². The Morgan fingerprint density at radius 1 is 1.83 bits per heavy atom. The molecule has 0 aromatic carbocycles. The van der Waals surface area contributed by atoms with Gasteiger partial charge in [-0.1, -0.05) is 0 Å². The van der Waals surface area contributed by atoms with Gasteiger partial charge in [0, 0.05) is 0 Å². The van der Waals surface area contributed by atoms with Crippen LogP contribution in [-0.4, -0.2) is 16.3 Å². The van der Waals surface area contributed by atoms with Crippen LogP contribution in [-0.2, 0) is 4.79 Å². The lowest BCUT2D eigenvalue weighted by atomic mass is 10.4. The number of oxazole rings is 1. The van der Waals surface area contributed by atoms with Crippen LogP contribution in [0.4, 0.5) is 6.01 Å².